The van der Waals surface area contributed by atoms with E-state index >= 15 is 0 Å². The molecule has 6 nitrogen and oxygen atoms in total. The summed E-state index contributed by atoms with van der Waals surface area (Å²) in [6.45, 7) is 0.538. The van der Waals surface area contributed by atoms with Crippen molar-refractivity contribution in [1.29, 1.82) is 0 Å². The van der Waals surface area contributed by atoms with Crippen LogP contribution in [0.4, 0.5) is 19.1 Å². The van der Waals surface area contributed by atoms with E-state index in [9.17, 15) is 22.8 Å². The number of rotatable bonds is 5. The number of halogens is 4. The second-order valence-electron chi connectivity index (χ2n) is 5.46. The van der Waals surface area contributed by atoms with Crippen LogP contribution in [0, 0.1) is 6.92 Å². The van der Waals surface area contributed by atoms with Crippen molar-refractivity contribution in [2.45, 2.75) is 32.7 Å². The summed E-state index contributed by atoms with van der Waals surface area (Å²) >= 11 is 3.37. The largest absolute Gasteiger partial charge is 0.490 e. The summed E-state index contributed by atoms with van der Waals surface area (Å²) in [6, 6.07) is 7.60. The van der Waals surface area contributed by atoms with E-state index in [4.69, 9.17) is 5.73 Å². The Morgan fingerprint density at radius 3 is 2.65 bits per heavy atom. The summed E-state index contributed by atoms with van der Waals surface area (Å²) in [4.78, 5) is 27.1. The Morgan fingerprint density at radius 2 is 2.04 bits per heavy atom. The van der Waals surface area contributed by atoms with Crippen LogP contribution in [-0.4, -0.2) is 21.7 Å². The quantitative estimate of drug-likeness (QED) is 0.732. The Labute approximate surface area is 154 Å². The molecule has 0 aliphatic heterocycles. The van der Waals surface area contributed by atoms with Gasteiger partial charge in [-0.25, -0.2) is 14.3 Å². The van der Waals surface area contributed by atoms with Crippen molar-refractivity contribution < 1.29 is 22.7 Å². The number of nitrogens with two attached hydrogens (primary N) is 1. The summed E-state index contributed by atoms with van der Waals surface area (Å²) < 4.78 is 42.2. The second kappa shape index (κ2) is 7.90. The number of ether oxygens (including phenoxy) is 1. The van der Waals surface area contributed by atoms with Gasteiger partial charge in [-0.05, 0) is 37.5 Å². The lowest BCUT2D eigenvalue weighted by Gasteiger charge is -2.14. The number of aryl methyl sites for hydroxylation is 2. The monoisotopic (exact) mass is 433 g/mol. The van der Waals surface area contributed by atoms with Gasteiger partial charge in [-0.2, -0.15) is 13.2 Å². The van der Waals surface area contributed by atoms with Crippen LogP contribution in [0.15, 0.2) is 33.5 Å². The molecule has 26 heavy (non-hydrogen) atoms. The van der Waals surface area contributed by atoms with E-state index in [2.05, 4.69) is 25.7 Å². The molecule has 0 aliphatic carbocycles. The minimum absolute atomic E-state index is 0.234. The van der Waals surface area contributed by atoms with Crippen molar-refractivity contribution in [3.05, 3.63) is 55.9 Å². The van der Waals surface area contributed by atoms with Crippen molar-refractivity contribution in [2.24, 2.45) is 0 Å². The van der Waals surface area contributed by atoms with Gasteiger partial charge in [-0.1, -0.05) is 28.1 Å². The fourth-order valence-corrected chi connectivity index (χ4v) is 2.69. The van der Waals surface area contributed by atoms with Crippen LogP contribution in [0.25, 0.3) is 0 Å². The molecular formula is C16H15BrF3N3O3. The van der Waals surface area contributed by atoms with Gasteiger partial charge in [0.05, 0.1) is 5.69 Å². The number of benzene rings is 1. The summed E-state index contributed by atoms with van der Waals surface area (Å²) in [5.74, 6) is -2.72. The highest BCUT2D eigenvalue weighted by atomic mass is 79.9. The summed E-state index contributed by atoms with van der Waals surface area (Å²) in [7, 11) is 0. The van der Waals surface area contributed by atoms with E-state index in [0.29, 0.717) is 23.1 Å². The molecule has 0 spiro atoms. The number of aromatic nitrogens is 2. The van der Waals surface area contributed by atoms with Crippen LogP contribution in [0.1, 0.15) is 16.8 Å². The molecule has 0 saturated carbocycles. The van der Waals surface area contributed by atoms with Crippen molar-refractivity contribution in [1.82, 2.24) is 9.55 Å². The molecule has 140 valence electrons. The van der Waals surface area contributed by atoms with Crippen LogP contribution in [0.5, 0.6) is 0 Å². The molecule has 1 heterocycles. The van der Waals surface area contributed by atoms with Gasteiger partial charge in [-0.3, -0.25) is 4.79 Å². The number of nitrogen functional groups attached to an aromatic ring is 1. The maximum absolute atomic E-state index is 12.3. The molecule has 1 aromatic carbocycles. The molecule has 0 aliphatic rings. The van der Waals surface area contributed by atoms with Gasteiger partial charge < -0.3 is 10.5 Å². The first-order valence-electron chi connectivity index (χ1n) is 7.43. The Bertz CT molecular complexity index is 881. The zero-order chi connectivity index (χ0) is 19.5. The van der Waals surface area contributed by atoms with Gasteiger partial charge in [0.15, 0.2) is 6.73 Å². The first-order chi connectivity index (χ1) is 12.1. The van der Waals surface area contributed by atoms with E-state index < -0.39 is 24.4 Å². The topological polar surface area (TPSA) is 87.2 Å². The fraction of sp³-hybridized carbons (Fsp3) is 0.312. The van der Waals surface area contributed by atoms with Crippen molar-refractivity contribution in [3.8, 4) is 0 Å². The molecule has 10 heteroatoms. The van der Waals surface area contributed by atoms with Crippen molar-refractivity contribution >= 4 is 27.8 Å². The molecule has 2 aromatic rings. The highest BCUT2D eigenvalue weighted by molar-refractivity contribution is 9.10. The van der Waals surface area contributed by atoms with E-state index in [1.165, 1.54) is 6.92 Å². The Balaban J connectivity index is 2.16. The number of alkyl halides is 3. The third-order valence-corrected chi connectivity index (χ3v) is 4.11. The molecule has 0 radical (unpaired) electrons. The molecule has 0 fully saturated rings. The zero-order valence-corrected chi connectivity index (χ0v) is 15.2. The van der Waals surface area contributed by atoms with E-state index in [1.54, 1.807) is 0 Å². The van der Waals surface area contributed by atoms with Gasteiger partial charge in [-0.15, -0.1) is 0 Å². The summed E-state index contributed by atoms with van der Waals surface area (Å²) in [5, 5.41) is 0. The lowest BCUT2D eigenvalue weighted by molar-refractivity contribution is -0.203. The normalized spacial score (nSPS) is 11.4. The number of esters is 1. The SMILES string of the molecule is Cc1c(CCc2cccc(Br)c2)nc(N)n(COC(=O)C(F)(F)F)c1=O. The predicted molar refractivity (Wildman–Crippen MR) is 91.3 cm³/mol. The van der Waals surface area contributed by atoms with Gasteiger partial charge in [0.25, 0.3) is 5.56 Å². The lowest BCUT2D eigenvalue weighted by Crippen LogP contribution is -2.32. The molecule has 0 atom stereocenters. The second-order valence-corrected chi connectivity index (χ2v) is 6.38. The Kier molecular flexibility index (Phi) is 6.06. The van der Waals surface area contributed by atoms with E-state index in [-0.39, 0.29) is 11.5 Å². The van der Waals surface area contributed by atoms with Gasteiger partial charge in [0.1, 0.15) is 0 Å². The first-order valence-corrected chi connectivity index (χ1v) is 8.23. The van der Waals surface area contributed by atoms with E-state index in [1.807, 2.05) is 24.3 Å². The Morgan fingerprint density at radius 1 is 1.35 bits per heavy atom. The van der Waals surface area contributed by atoms with Crippen LogP contribution in [0.2, 0.25) is 0 Å². The van der Waals surface area contributed by atoms with Gasteiger partial charge in [0.2, 0.25) is 5.95 Å². The average molecular weight is 434 g/mol. The zero-order valence-electron chi connectivity index (χ0n) is 13.6. The molecular weight excluding hydrogens is 419 g/mol. The number of carbonyl (C=O) groups excluding carboxylic acids is 1. The van der Waals surface area contributed by atoms with Crippen LogP contribution in [0.3, 0.4) is 0 Å². The van der Waals surface area contributed by atoms with Crippen molar-refractivity contribution in [2.75, 3.05) is 5.73 Å². The van der Waals surface area contributed by atoms with E-state index in [0.717, 1.165) is 10.0 Å². The highest BCUT2D eigenvalue weighted by Gasteiger charge is 2.41. The van der Waals surface area contributed by atoms with Crippen LogP contribution in [-0.2, 0) is 29.1 Å². The minimum atomic E-state index is -5.15. The number of nitrogens with zero attached hydrogens (tertiary/aromatic N) is 2. The molecule has 2 rings (SSSR count). The Hall–Kier alpha value is -2.36. The molecule has 0 amide bonds. The predicted octanol–water partition coefficient (Wildman–Crippen LogP) is 2.74. The first kappa shape index (κ1) is 20.0. The van der Waals surface area contributed by atoms with Crippen LogP contribution >= 0.6 is 15.9 Å². The number of anilines is 1. The number of hydrogen-bond acceptors (Lipinski definition) is 5. The maximum Gasteiger partial charge on any atom is 0.490 e. The van der Waals surface area contributed by atoms with Crippen LogP contribution < -0.4 is 11.3 Å². The highest BCUT2D eigenvalue weighted by Crippen LogP contribution is 2.17. The third kappa shape index (κ3) is 4.84. The van der Waals surface area contributed by atoms with Crippen molar-refractivity contribution in [3.63, 3.8) is 0 Å². The number of carbonyl (C=O) groups is 1. The fourth-order valence-electron chi connectivity index (χ4n) is 2.24. The summed E-state index contributed by atoms with van der Waals surface area (Å²) in [6.07, 6.45) is -4.13. The third-order valence-electron chi connectivity index (χ3n) is 3.62. The molecule has 0 bridgehead atoms. The summed E-state index contributed by atoms with van der Waals surface area (Å²) in [5.41, 5.74) is 6.68. The average Bonchev–Trinajstić information content (AvgIpc) is 2.55. The molecule has 1 aromatic heterocycles. The maximum atomic E-state index is 12.3. The number of hydrogen-bond donors (Lipinski definition) is 1. The standard InChI is InChI=1S/C16H15BrF3N3O3/c1-9-12(6-5-10-3-2-4-11(17)7-10)22-15(21)23(13(9)24)8-26-14(25)16(18,19)20/h2-4,7H,5-6,8H2,1H3,(H2,21,22). The van der Waals surface area contributed by atoms with Gasteiger partial charge >= 0.3 is 12.1 Å². The lowest BCUT2D eigenvalue weighted by atomic mass is 10.1. The minimum Gasteiger partial charge on any atom is -0.437 e. The van der Waals surface area contributed by atoms with Gasteiger partial charge in [0, 0.05) is 10.0 Å². The molecule has 2 N–H and O–H groups in total. The smallest absolute Gasteiger partial charge is 0.437 e. The molecule has 0 saturated heterocycles. The molecule has 0 unspecified atom stereocenters.